The van der Waals surface area contributed by atoms with Crippen LogP contribution < -0.4 is 0 Å². The molecule has 0 fully saturated rings. The number of phenols is 1. The van der Waals surface area contributed by atoms with Gasteiger partial charge in [0.2, 0.25) is 0 Å². The molecule has 126 valence electrons. The molecule has 1 rings (SSSR count). The maximum atomic E-state index is 10.1. The molecule has 22 heavy (non-hydrogen) atoms. The Kier molecular flexibility index (Phi) is 10.8. The van der Waals surface area contributed by atoms with Crippen LogP contribution in [0.25, 0.3) is 0 Å². The zero-order valence-electron chi connectivity index (χ0n) is 14.3. The van der Waals surface area contributed by atoms with E-state index < -0.39 is 0 Å². The van der Waals surface area contributed by atoms with E-state index in [1.54, 1.807) is 24.3 Å². The van der Waals surface area contributed by atoms with Crippen molar-refractivity contribution in [3.63, 3.8) is 0 Å². The Hall–Kier alpha value is -1.02. The van der Waals surface area contributed by atoms with E-state index in [4.69, 9.17) is 0 Å². The third-order valence-electron chi connectivity index (χ3n) is 4.36. The number of phenolic OH excluding ortho intramolecular Hbond substituents is 1. The highest BCUT2D eigenvalue weighted by Gasteiger charge is 2.06. The van der Waals surface area contributed by atoms with Gasteiger partial charge in [-0.1, -0.05) is 89.7 Å². The normalized spacial score (nSPS) is 12.5. The Bertz CT molecular complexity index is 358. The molecule has 0 spiro atoms. The van der Waals surface area contributed by atoms with Crippen molar-refractivity contribution in [2.24, 2.45) is 0 Å². The van der Waals surface area contributed by atoms with Gasteiger partial charge in [-0.25, -0.2) is 0 Å². The predicted molar refractivity (Wildman–Crippen MR) is 94.1 cm³/mol. The van der Waals surface area contributed by atoms with Crippen molar-refractivity contribution in [2.45, 2.75) is 90.1 Å². The number of aliphatic hydroxyl groups excluding tert-OH is 1. The number of aromatic hydroxyl groups is 1. The minimum atomic E-state index is -0.390. The third-order valence-corrected chi connectivity index (χ3v) is 4.36. The van der Waals surface area contributed by atoms with Crippen LogP contribution in [-0.2, 0) is 0 Å². The molecular formula is C20H34O2. The molecule has 0 saturated heterocycles. The first-order valence-electron chi connectivity index (χ1n) is 9.21. The predicted octanol–water partition coefficient (Wildman–Crippen LogP) is 6.13. The molecule has 0 radical (unpaired) electrons. The lowest BCUT2D eigenvalue weighted by atomic mass is 10.0. The molecule has 1 aromatic rings. The van der Waals surface area contributed by atoms with Crippen LogP contribution in [0, 0.1) is 0 Å². The van der Waals surface area contributed by atoms with Crippen LogP contribution in [0.4, 0.5) is 0 Å². The summed E-state index contributed by atoms with van der Waals surface area (Å²) in [6.45, 7) is 2.26. The molecule has 2 N–H and O–H groups in total. The van der Waals surface area contributed by atoms with Crippen LogP contribution in [0.5, 0.6) is 5.75 Å². The van der Waals surface area contributed by atoms with Gasteiger partial charge in [0.1, 0.15) is 5.75 Å². The van der Waals surface area contributed by atoms with E-state index in [0.29, 0.717) is 0 Å². The quantitative estimate of drug-likeness (QED) is 0.430. The summed E-state index contributed by atoms with van der Waals surface area (Å²) < 4.78 is 0. The first-order chi connectivity index (χ1) is 10.7. The number of hydrogen-bond acceptors (Lipinski definition) is 2. The van der Waals surface area contributed by atoms with Gasteiger partial charge in [0.05, 0.1) is 6.10 Å². The van der Waals surface area contributed by atoms with Crippen molar-refractivity contribution < 1.29 is 10.2 Å². The molecule has 1 atom stereocenters. The molecule has 0 bridgehead atoms. The summed E-state index contributed by atoms with van der Waals surface area (Å²) >= 11 is 0. The van der Waals surface area contributed by atoms with E-state index in [9.17, 15) is 10.2 Å². The molecule has 1 aromatic carbocycles. The van der Waals surface area contributed by atoms with Crippen LogP contribution in [0.15, 0.2) is 24.3 Å². The zero-order valence-corrected chi connectivity index (χ0v) is 14.3. The van der Waals surface area contributed by atoms with Gasteiger partial charge in [-0.15, -0.1) is 0 Å². The number of hydrogen-bond donors (Lipinski definition) is 2. The van der Waals surface area contributed by atoms with Gasteiger partial charge < -0.3 is 10.2 Å². The Balaban J connectivity index is 1.92. The Labute approximate surface area is 136 Å². The van der Waals surface area contributed by atoms with E-state index in [0.717, 1.165) is 18.4 Å². The monoisotopic (exact) mass is 306 g/mol. The summed E-state index contributed by atoms with van der Waals surface area (Å²) in [4.78, 5) is 0. The number of rotatable bonds is 13. The molecule has 2 heteroatoms. The zero-order chi connectivity index (χ0) is 16.0. The van der Waals surface area contributed by atoms with Crippen molar-refractivity contribution in [3.8, 4) is 5.75 Å². The molecular weight excluding hydrogens is 272 g/mol. The fourth-order valence-corrected chi connectivity index (χ4v) is 2.87. The van der Waals surface area contributed by atoms with E-state index in [1.807, 2.05) is 0 Å². The summed E-state index contributed by atoms with van der Waals surface area (Å²) in [5.74, 6) is 0.255. The number of unbranched alkanes of at least 4 members (excludes halogenated alkanes) is 10. The van der Waals surface area contributed by atoms with Gasteiger partial charge in [0.15, 0.2) is 0 Å². The molecule has 0 saturated carbocycles. The second-order valence-electron chi connectivity index (χ2n) is 6.43. The average Bonchev–Trinajstić information content (AvgIpc) is 2.53. The summed E-state index contributed by atoms with van der Waals surface area (Å²) in [6.07, 6.45) is 15.1. The fourth-order valence-electron chi connectivity index (χ4n) is 2.87. The van der Waals surface area contributed by atoms with Crippen LogP contribution in [-0.4, -0.2) is 10.2 Å². The number of benzene rings is 1. The second-order valence-corrected chi connectivity index (χ2v) is 6.43. The molecule has 2 nitrogen and oxygen atoms in total. The van der Waals surface area contributed by atoms with Gasteiger partial charge in [0.25, 0.3) is 0 Å². The molecule has 0 heterocycles. The van der Waals surface area contributed by atoms with E-state index in [1.165, 1.54) is 64.2 Å². The Morgan fingerprint density at radius 3 is 1.68 bits per heavy atom. The van der Waals surface area contributed by atoms with Crippen LogP contribution in [0.2, 0.25) is 0 Å². The molecule has 0 aromatic heterocycles. The van der Waals surface area contributed by atoms with Crippen LogP contribution in [0.1, 0.15) is 95.6 Å². The summed E-state index contributed by atoms with van der Waals surface area (Å²) in [6, 6.07) is 6.88. The van der Waals surface area contributed by atoms with Gasteiger partial charge in [-0.05, 0) is 24.1 Å². The molecule has 0 aliphatic rings. The minimum Gasteiger partial charge on any atom is -0.508 e. The van der Waals surface area contributed by atoms with Gasteiger partial charge in [-0.2, -0.15) is 0 Å². The first-order valence-corrected chi connectivity index (χ1v) is 9.21. The molecule has 0 amide bonds. The lowest BCUT2D eigenvalue weighted by Crippen LogP contribution is -1.96. The molecule has 0 aliphatic carbocycles. The van der Waals surface area contributed by atoms with Crippen molar-refractivity contribution in [1.82, 2.24) is 0 Å². The highest BCUT2D eigenvalue weighted by molar-refractivity contribution is 5.27. The average molecular weight is 306 g/mol. The molecule has 1 unspecified atom stereocenters. The summed E-state index contributed by atoms with van der Waals surface area (Å²) in [7, 11) is 0. The van der Waals surface area contributed by atoms with E-state index in [2.05, 4.69) is 6.92 Å². The lowest BCUT2D eigenvalue weighted by molar-refractivity contribution is 0.163. The summed E-state index contributed by atoms with van der Waals surface area (Å²) in [5.41, 5.74) is 0.907. The van der Waals surface area contributed by atoms with Crippen molar-refractivity contribution in [3.05, 3.63) is 29.8 Å². The fraction of sp³-hybridized carbons (Fsp3) is 0.700. The van der Waals surface area contributed by atoms with E-state index in [-0.39, 0.29) is 11.9 Å². The maximum Gasteiger partial charge on any atom is 0.115 e. The van der Waals surface area contributed by atoms with Crippen LogP contribution >= 0.6 is 0 Å². The second kappa shape index (κ2) is 12.5. The minimum absolute atomic E-state index is 0.255. The Morgan fingerprint density at radius 1 is 0.727 bits per heavy atom. The highest BCUT2D eigenvalue weighted by atomic mass is 16.3. The van der Waals surface area contributed by atoms with Crippen molar-refractivity contribution in [2.75, 3.05) is 0 Å². The molecule has 0 aliphatic heterocycles. The van der Waals surface area contributed by atoms with Crippen molar-refractivity contribution >= 4 is 0 Å². The number of aliphatic hydroxyl groups is 1. The Morgan fingerprint density at radius 2 is 1.18 bits per heavy atom. The third kappa shape index (κ3) is 9.09. The van der Waals surface area contributed by atoms with Gasteiger partial charge in [-0.3, -0.25) is 0 Å². The van der Waals surface area contributed by atoms with Crippen LogP contribution in [0.3, 0.4) is 0 Å². The smallest absolute Gasteiger partial charge is 0.115 e. The SMILES string of the molecule is CCCCCCCCCCCCCC(O)c1ccc(O)cc1. The highest BCUT2D eigenvalue weighted by Crippen LogP contribution is 2.22. The lowest BCUT2D eigenvalue weighted by Gasteiger charge is -2.10. The van der Waals surface area contributed by atoms with Gasteiger partial charge in [0, 0.05) is 0 Å². The standard InChI is InChI=1S/C20H34O2/c1-2-3-4-5-6-7-8-9-10-11-12-13-20(22)18-14-16-19(21)17-15-18/h14-17,20-22H,2-13H2,1H3. The topological polar surface area (TPSA) is 40.5 Å². The van der Waals surface area contributed by atoms with Gasteiger partial charge >= 0.3 is 0 Å². The maximum absolute atomic E-state index is 10.1. The first kappa shape index (κ1) is 19.0. The summed E-state index contributed by atoms with van der Waals surface area (Å²) in [5, 5.41) is 19.3. The van der Waals surface area contributed by atoms with E-state index >= 15 is 0 Å². The largest absolute Gasteiger partial charge is 0.508 e. The van der Waals surface area contributed by atoms with Crippen molar-refractivity contribution in [1.29, 1.82) is 0 Å².